The van der Waals surface area contributed by atoms with Crippen molar-refractivity contribution < 1.29 is 72.8 Å². The Morgan fingerprint density at radius 2 is 1.28 bits per heavy atom. The summed E-state index contributed by atoms with van der Waals surface area (Å²) in [4.78, 5) is 166. The van der Waals surface area contributed by atoms with E-state index in [0.29, 0.717) is 24.0 Å². The van der Waals surface area contributed by atoms with Gasteiger partial charge in [0, 0.05) is 59.4 Å². The minimum absolute atomic E-state index is 0.00195. The van der Waals surface area contributed by atoms with Crippen molar-refractivity contribution in [1.29, 1.82) is 0 Å². The summed E-state index contributed by atoms with van der Waals surface area (Å²) in [6.45, 7) is 10.0. The fourth-order valence-corrected chi connectivity index (χ4v) is 12.3. The molecule has 86 heavy (non-hydrogen) atoms. The van der Waals surface area contributed by atoms with Gasteiger partial charge < -0.3 is 71.1 Å². The van der Waals surface area contributed by atoms with Crippen molar-refractivity contribution in [3.05, 3.63) is 65.7 Å². The molecule has 5 heterocycles. The smallest absolute Gasteiger partial charge is 0.328 e. The summed E-state index contributed by atoms with van der Waals surface area (Å²) in [6, 6.07) is 1.04. The highest BCUT2D eigenvalue weighted by Gasteiger charge is 2.50. The van der Waals surface area contributed by atoms with Gasteiger partial charge in [0.15, 0.2) is 0 Å². The Balaban J connectivity index is 1.28. The molecule has 25 heteroatoms. The molecular weight excluding hydrogens is 1110 g/mol. The SMILES string of the molecule is CC[C@H](C)[C@@H]1NC(=O)[C@@H](CC(C)C)NC(=O)[C@@H]2C[C@H](C)CN2C(=O)[C@@H](NC(=O)[C@H](Cc2ccccc2)N(C)C(C)=O)COC(=O)[C@@H]2C[C@H](C)CN2C(=O)[C@@H]2CCCN2C(=O)[C@@H]2C[C@@H](O)CN2C(=O)[C@H](CO)NC(=O)[C@H](Cc2ccc(O)cc2)NC1=O. The summed E-state index contributed by atoms with van der Waals surface area (Å²) in [5.74, 6) is -9.93. The second-order valence-electron chi connectivity index (χ2n) is 24.5. The lowest BCUT2D eigenvalue weighted by molar-refractivity contribution is -0.158. The Hall–Kier alpha value is -7.67. The molecule has 0 saturated carbocycles. The van der Waals surface area contributed by atoms with E-state index >= 15 is 4.79 Å². The number of ether oxygens (including phenoxy) is 1. The third-order valence-corrected chi connectivity index (χ3v) is 17.3. The van der Waals surface area contributed by atoms with Gasteiger partial charge in [0.2, 0.25) is 59.1 Å². The molecule has 5 fully saturated rings. The number of cyclic esters (lactones) is 1. The number of rotatable bonds is 12. The van der Waals surface area contributed by atoms with Gasteiger partial charge in [-0.15, -0.1) is 0 Å². The topological polar surface area (TPSA) is 334 Å². The zero-order valence-corrected chi connectivity index (χ0v) is 50.4. The maximum atomic E-state index is 15.2. The molecule has 0 unspecified atom stereocenters. The number of hydrogen-bond donors (Lipinski definition) is 8. The Labute approximate surface area is 501 Å². The van der Waals surface area contributed by atoms with E-state index in [-0.39, 0.29) is 94.6 Å². The van der Waals surface area contributed by atoms with Crippen LogP contribution in [0.2, 0.25) is 0 Å². The van der Waals surface area contributed by atoms with Crippen molar-refractivity contribution >= 4 is 65.0 Å². The minimum Gasteiger partial charge on any atom is -0.508 e. The molecule has 10 amide bonds. The number of aromatic hydroxyl groups is 1. The molecule has 0 aliphatic carbocycles. The van der Waals surface area contributed by atoms with Crippen LogP contribution in [-0.4, -0.2) is 218 Å². The Morgan fingerprint density at radius 3 is 1.91 bits per heavy atom. The van der Waals surface area contributed by atoms with Crippen molar-refractivity contribution in [3.63, 3.8) is 0 Å². The summed E-state index contributed by atoms with van der Waals surface area (Å²) in [7, 11) is 1.44. The monoisotopic (exact) mass is 1200 g/mol. The zero-order chi connectivity index (χ0) is 62.8. The predicted octanol–water partition coefficient (Wildman–Crippen LogP) is -0.484. The van der Waals surface area contributed by atoms with E-state index in [9.17, 15) is 63.3 Å². The van der Waals surface area contributed by atoms with E-state index in [0.717, 1.165) is 4.90 Å². The number of phenolic OH excluding ortho intramolecular Hbond substituents is 1. The van der Waals surface area contributed by atoms with E-state index in [1.54, 1.807) is 44.2 Å². The number of benzene rings is 2. The second kappa shape index (κ2) is 29.1. The van der Waals surface area contributed by atoms with Crippen LogP contribution in [0.4, 0.5) is 0 Å². The van der Waals surface area contributed by atoms with E-state index in [1.165, 1.54) is 57.8 Å². The standard InChI is InChI=1S/C61H86N10O15/c1-9-36(6)51-56(80)63-43(25-39-17-19-40(74)20-18-39)52(76)64-44(31-72)57(81)71-30-41(75)27-49(71)60(84)68-21-13-16-46(68)59(83)70-29-35(5)24-50(70)61(85)86-32-45(65-54(78)47(67(8)37(7)73)26-38-14-11-10-12-15-38)58(82)69-28-34(4)23-48(69)55(79)62-42(22-33(2)3)53(77)66-51/h10-12,14-15,17-20,33-36,41-51,72,74-75H,9,13,16,21-32H2,1-8H3,(H,62,79)(H,63,80)(H,64,76)(H,65,78)(H,66,77)/t34-,35-,36-,41+,42+,43-,44-,45-,46-,47-,48-,49-,50-,51-/m0/s1. The normalized spacial score (nSPS) is 29.3. The van der Waals surface area contributed by atoms with Gasteiger partial charge in [0.25, 0.3) is 0 Å². The first kappa shape index (κ1) is 65.9. The van der Waals surface area contributed by atoms with Crippen LogP contribution in [0.15, 0.2) is 54.6 Å². The Morgan fingerprint density at radius 1 is 0.686 bits per heavy atom. The number of amides is 10. The molecule has 14 atom stereocenters. The van der Waals surface area contributed by atoms with E-state index < -0.39 is 151 Å². The number of phenols is 1. The van der Waals surface area contributed by atoms with Gasteiger partial charge in [-0.1, -0.05) is 90.4 Å². The lowest BCUT2D eigenvalue weighted by atomic mass is 9.95. The number of nitrogens with one attached hydrogen (secondary N) is 5. The fraction of sp³-hybridized carbons (Fsp3) is 0.623. The van der Waals surface area contributed by atoms with Gasteiger partial charge in [-0.2, -0.15) is 0 Å². The highest BCUT2D eigenvalue weighted by atomic mass is 16.5. The highest BCUT2D eigenvalue weighted by molar-refractivity contribution is 6.00. The number of fused-ring (bicyclic) bond motifs is 4. The average Bonchev–Trinajstić information content (AvgIpc) is 1.91. The molecule has 8 N–H and O–H groups in total. The van der Waals surface area contributed by atoms with Crippen LogP contribution in [0, 0.1) is 23.7 Å². The third-order valence-electron chi connectivity index (χ3n) is 17.3. The first-order valence-corrected chi connectivity index (χ1v) is 30.0. The zero-order valence-electron chi connectivity index (χ0n) is 50.4. The van der Waals surface area contributed by atoms with E-state index in [4.69, 9.17) is 4.74 Å². The molecule has 2 aromatic rings. The van der Waals surface area contributed by atoms with Crippen LogP contribution in [0.25, 0.3) is 0 Å². The minimum atomic E-state index is -1.71. The van der Waals surface area contributed by atoms with Crippen LogP contribution >= 0.6 is 0 Å². The summed E-state index contributed by atoms with van der Waals surface area (Å²) in [6.07, 6.45) is -0.505. The highest BCUT2D eigenvalue weighted by Crippen LogP contribution is 2.32. The van der Waals surface area contributed by atoms with E-state index in [1.807, 2.05) is 27.7 Å². The van der Waals surface area contributed by atoms with Crippen molar-refractivity contribution in [2.24, 2.45) is 23.7 Å². The molecule has 0 aromatic heterocycles. The number of nitrogens with zero attached hydrogens (tertiary/aromatic N) is 5. The number of aliphatic hydroxyl groups is 2. The number of carbonyl (C=O) groups excluding carboxylic acids is 11. The first-order chi connectivity index (χ1) is 40.8. The number of aliphatic hydroxyl groups excluding tert-OH is 2. The predicted molar refractivity (Wildman–Crippen MR) is 310 cm³/mol. The third kappa shape index (κ3) is 15.8. The lowest BCUT2D eigenvalue weighted by Gasteiger charge is -2.35. The second-order valence-corrected chi connectivity index (χ2v) is 24.5. The van der Waals surface area contributed by atoms with Crippen LogP contribution in [0.3, 0.4) is 0 Å². The Bertz CT molecular complexity index is 2820. The first-order valence-electron chi connectivity index (χ1n) is 30.0. The lowest BCUT2D eigenvalue weighted by Crippen LogP contribution is -2.62. The molecule has 5 aliphatic heterocycles. The van der Waals surface area contributed by atoms with Gasteiger partial charge in [-0.3, -0.25) is 47.9 Å². The molecule has 2 aromatic carbocycles. The average molecular weight is 1200 g/mol. The summed E-state index contributed by atoms with van der Waals surface area (Å²) in [5.41, 5.74) is 1.15. The molecule has 5 aliphatic rings. The van der Waals surface area contributed by atoms with Crippen LogP contribution in [0.1, 0.15) is 105 Å². The molecule has 0 bridgehead atoms. The van der Waals surface area contributed by atoms with Gasteiger partial charge in [0.05, 0.1) is 12.7 Å². The largest absolute Gasteiger partial charge is 0.508 e. The van der Waals surface area contributed by atoms with Crippen LogP contribution in [0.5, 0.6) is 5.75 Å². The number of likely N-dealkylation sites (N-methyl/N-ethyl adjacent to an activating group) is 1. The molecule has 7 rings (SSSR count). The molecule has 0 spiro atoms. The maximum Gasteiger partial charge on any atom is 0.328 e. The van der Waals surface area contributed by atoms with Crippen LogP contribution < -0.4 is 26.6 Å². The Kier molecular flexibility index (Phi) is 22.3. The van der Waals surface area contributed by atoms with Crippen molar-refractivity contribution in [2.75, 3.05) is 46.4 Å². The van der Waals surface area contributed by atoms with Gasteiger partial charge >= 0.3 is 5.97 Å². The van der Waals surface area contributed by atoms with Gasteiger partial charge in [0.1, 0.15) is 72.8 Å². The molecule has 470 valence electrons. The van der Waals surface area contributed by atoms with E-state index in [2.05, 4.69) is 26.6 Å². The molecule has 5 saturated heterocycles. The molecular formula is C61H86N10O15. The number of esters is 1. The van der Waals surface area contributed by atoms with Gasteiger partial charge in [-0.05, 0) is 79.0 Å². The summed E-state index contributed by atoms with van der Waals surface area (Å²) >= 11 is 0. The summed E-state index contributed by atoms with van der Waals surface area (Å²) in [5, 5.41) is 45.5. The van der Waals surface area contributed by atoms with Crippen molar-refractivity contribution in [2.45, 2.75) is 173 Å². The quantitative estimate of drug-likeness (QED) is 0.125. The fourth-order valence-electron chi connectivity index (χ4n) is 12.3. The molecule has 25 nitrogen and oxygen atoms in total. The van der Waals surface area contributed by atoms with Crippen LogP contribution in [-0.2, 0) is 70.3 Å². The van der Waals surface area contributed by atoms with Crippen molar-refractivity contribution in [3.8, 4) is 5.75 Å². The number of carbonyl (C=O) groups is 11. The van der Waals surface area contributed by atoms with Gasteiger partial charge in [-0.25, -0.2) is 4.79 Å². The molecule has 0 radical (unpaired) electrons. The van der Waals surface area contributed by atoms with Crippen molar-refractivity contribution in [1.82, 2.24) is 51.1 Å². The number of hydrogen-bond acceptors (Lipinski definition) is 15. The summed E-state index contributed by atoms with van der Waals surface area (Å²) < 4.78 is 5.95. The maximum absolute atomic E-state index is 15.2.